The third-order valence-corrected chi connectivity index (χ3v) is 2.32. The fraction of sp³-hybridized carbons (Fsp3) is 0.429. The van der Waals surface area contributed by atoms with Gasteiger partial charge in [0, 0.05) is 13.0 Å². The van der Waals surface area contributed by atoms with Gasteiger partial charge in [0.05, 0.1) is 12.3 Å². The number of hydrogen-bond donors (Lipinski definition) is 1. The van der Waals surface area contributed by atoms with Crippen LogP contribution in [-0.4, -0.2) is 19.3 Å². The van der Waals surface area contributed by atoms with Gasteiger partial charge in [-0.25, -0.2) is 4.39 Å². The molecule has 0 aliphatic heterocycles. The van der Waals surface area contributed by atoms with Gasteiger partial charge in [0.25, 0.3) is 0 Å². The SMILES string of the molecule is C=CCCNc1ccccc1OCC[C@H](C)F. The average molecular weight is 237 g/mol. The largest absolute Gasteiger partial charge is 0.491 e. The third kappa shape index (κ3) is 5.38. The minimum absolute atomic E-state index is 0.401. The molecule has 1 aromatic rings. The zero-order valence-corrected chi connectivity index (χ0v) is 10.3. The number of nitrogens with one attached hydrogen (secondary N) is 1. The molecule has 1 aromatic carbocycles. The Labute approximate surface area is 102 Å². The van der Waals surface area contributed by atoms with Crippen LogP contribution in [0.1, 0.15) is 19.8 Å². The van der Waals surface area contributed by atoms with Gasteiger partial charge < -0.3 is 10.1 Å². The van der Waals surface area contributed by atoms with Gasteiger partial charge in [-0.15, -0.1) is 6.58 Å². The van der Waals surface area contributed by atoms with Gasteiger partial charge in [-0.2, -0.15) is 0 Å². The normalized spacial score (nSPS) is 11.9. The molecule has 3 heteroatoms. The van der Waals surface area contributed by atoms with Gasteiger partial charge in [0.2, 0.25) is 0 Å². The predicted octanol–water partition coefficient (Wildman–Crippen LogP) is 3.80. The maximum atomic E-state index is 12.6. The summed E-state index contributed by atoms with van der Waals surface area (Å²) in [5.41, 5.74) is 0.945. The number of benzene rings is 1. The summed E-state index contributed by atoms with van der Waals surface area (Å²) in [6.45, 7) is 6.43. The molecule has 0 unspecified atom stereocenters. The second-order valence-electron chi connectivity index (χ2n) is 3.92. The lowest BCUT2D eigenvalue weighted by Gasteiger charge is -2.12. The van der Waals surface area contributed by atoms with Crippen molar-refractivity contribution in [3.8, 4) is 5.75 Å². The lowest BCUT2D eigenvalue weighted by atomic mass is 10.2. The van der Waals surface area contributed by atoms with Gasteiger partial charge in [0.15, 0.2) is 0 Å². The molecule has 0 saturated carbocycles. The Morgan fingerprint density at radius 2 is 2.24 bits per heavy atom. The summed E-state index contributed by atoms with van der Waals surface area (Å²) < 4.78 is 18.2. The molecule has 94 valence electrons. The summed E-state index contributed by atoms with van der Waals surface area (Å²) in [4.78, 5) is 0. The first-order valence-electron chi connectivity index (χ1n) is 5.94. The number of rotatable bonds is 8. The van der Waals surface area contributed by atoms with Crippen molar-refractivity contribution in [1.82, 2.24) is 0 Å². The maximum Gasteiger partial charge on any atom is 0.142 e. The molecule has 0 aromatic heterocycles. The molecule has 0 amide bonds. The van der Waals surface area contributed by atoms with E-state index >= 15 is 0 Å². The van der Waals surface area contributed by atoms with E-state index in [0.717, 1.165) is 24.4 Å². The highest BCUT2D eigenvalue weighted by molar-refractivity contribution is 5.56. The number of ether oxygens (including phenoxy) is 1. The quantitative estimate of drug-likeness (QED) is 0.548. The van der Waals surface area contributed by atoms with Crippen LogP contribution in [0.3, 0.4) is 0 Å². The van der Waals surface area contributed by atoms with E-state index in [1.54, 1.807) is 0 Å². The number of hydrogen-bond acceptors (Lipinski definition) is 2. The number of anilines is 1. The average Bonchev–Trinajstić information content (AvgIpc) is 2.31. The fourth-order valence-electron chi connectivity index (χ4n) is 1.38. The Hall–Kier alpha value is -1.51. The van der Waals surface area contributed by atoms with Gasteiger partial charge >= 0.3 is 0 Å². The molecule has 0 aliphatic rings. The Morgan fingerprint density at radius 3 is 2.94 bits per heavy atom. The zero-order chi connectivity index (χ0) is 12.5. The van der Waals surface area contributed by atoms with E-state index in [1.165, 1.54) is 6.92 Å². The van der Waals surface area contributed by atoms with Crippen molar-refractivity contribution >= 4 is 5.69 Å². The van der Waals surface area contributed by atoms with Crippen molar-refractivity contribution in [3.05, 3.63) is 36.9 Å². The Kier molecular flexibility index (Phi) is 6.15. The van der Waals surface area contributed by atoms with Gasteiger partial charge in [-0.05, 0) is 25.5 Å². The van der Waals surface area contributed by atoms with Crippen LogP contribution >= 0.6 is 0 Å². The predicted molar refractivity (Wildman–Crippen MR) is 70.4 cm³/mol. The maximum absolute atomic E-state index is 12.6. The molecule has 0 radical (unpaired) electrons. The second kappa shape index (κ2) is 7.71. The Morgan fingerprint density at radius 1 is 1.47 bits per heavy atom. The monoisotopic (exact) mass is 237 g/mol. The highest BCUT2D eigenvalue weighted by Crippen LogP contribution is 2.23. The van der Waals surface area contributed by atoms with Crippen molar-refractivity contribution in [3.63, 3.8) is 0 Å². The number of alkyl halides is 1. The van der Waals surface area contributed by atoms with Crippen LogP contribution in [-0.2, 0) is 0 Å². The van der Waals surface area contributed by atoms with E-state index in [9.17, 15) is 4.39 Å². The topological polar surface area (TPSA) is 21.3 Å². The highest BCUT2D eigenvalue weighted by Gasteiger charge is 2.03. The van der Waals surface area contributed by atoms with Gasteiger partial charge in [0.1, 0.15) is 11.9 Å². The second-order valence-corrected chi connectivity index (χ2v) is 3.92. The summed E-state index contributed by atoms with van der Waals surface area (Å²) in [5, 5.41) is 3.26. The summed E-state index contributed by atoms with van der Waals surface area (Å²) >= 11 is 0. The molecule has 2 nitrogen and oxygen atoms in total. The van der Waals surface area contributed by atoms with E-state index < -0.39 is 6.17 Å². The van der Waals surface area contributed by atoms with E-state index in [2.05, 4.69) is 11.9 Å². The Balaban J connectivity index is 2.48. The first-order chi connectivity index (χ1) is 8.24. The first-order valence-corrected chi connectivity index (χ1v) is 5.94. The van der Waals surface area contributed by atoms with E-state index in [0.29, 0.717) is 13.0 Å². The summed E-state index contributed by atoms with van der Waals surface area (Å²) in [6, 6.07) is 7.70. The third-order valence-electron chi connectivity index (χ3n) is 2.32. The molecule has 0 fully saturated rings. The van der Waals surface area contributed by atoms with Crippen molar-refractivity contribution in [2.24, 2.45) is 0 Å². The van der Waals surface area contributed by atoms with Crippen molar-refractivity contribution in [2.75, 3.05) is 18.5 Å². The zero-order valence-electron chi connectivity index (χ0n) is 10.3. The standard InChI is InChI=1S/C14H20FNO/c1-3-4-10-16-13-7-5-6-8-14(13)17-11-9-12(2)15/h3,5-8,12,16H,1,4,9-11H2,2H3/t12-/m0/s1. The van der Waals surface area contributed by atoms with Crippen LogP contribution in [0.2, 0.25) is 0 Å². The molecule has 1 atom stereocenters. The smallest absolute Gasteiger partial charge is 0.142 e. The molecular formula is C14H20FNO. The molecule has 1 rings (SSSR count). The number of halogens is 1. The lowest BCUT2D eigenvalue weighted by molar-refractivity contribution is 0.247. The van der Waals surface area contributed by atoms with E-state index in [1.807, 2.05) is 30.3 Å². The van der Waals surface area contributed by atoms with E-state index in [4.69, 9.17) is 4.74 Å². The molecule has 0 bridgehead atoms. The number of para-hydroxylation sites is 2. The lowest BCUT2D eigenvalue weighted by Crippen LogP contribution is -2.07. The van der Waals surface area contributed by atoms with Gasteiger partial charge in [-0.3, -0.25) is 0 Å². The first kappa shape index (κ1) is 13.6. The van der Waals surface area contributed by atoms with Gasteiger partial charge in [-0.1, -0.05) is 18.2 Å². The molecule has 0 saturated heterocycles. The molecule has 0 spiro atoms. The molecule has 0 heterocycles. The minimum atomic E-state index is -0.823. The van der Waals surface area contributed by atoms with Crippen LogP contribution < -0.4 is 10.1 Å². The molecular weight excluding hydrogens is 217 g/mol. The van der Waals surface area contributed by atoms with Crippen LogP contribution in [0, 0.1) is 0 Å². The van der Waals surface area contributed by atoms with Crippen molar-refractivity contribution < 1.29 is 9.13 Å². The van der Waals surface area contributed by atoms with Crippen molar-refractivity contribution in [1.29, 1.82) is 0 Å². The molecule has 17 heavy (non-hydrogen) atoms. The van der Waals surface area contributed by atoms with Crippen LogP contribution in [0.4, 0.5) is 10.1 Å². The van der Waals surface area contributed by atoms with E-state index in [-0.39, 0.29) is 0 Å². The highest BCUT2D eigenvalue weighted by atomic mass is 19.1. The fourth-order valence-corrected chi connectivity index (χ4v) is 1.38. The summed E-state index contributed by atoms with van der Waals surface area (Å²) in [6.07, 6.45) is 2.36. The molecule has 1 N–H and O–H groups in total. The minimum Gasteiger partial charge on any atom is -0.491 e. The summed E-state index contributed by atoms with van der Waals surface area (Å²) in [5.74, 6) is 0.775. The Bertz CT molecular complexity index is 339. The van der Waals surface area contributed by atoms with Crippen LogP contribution in [0.15, 0.2) is 36.9 Å². The van der Waals surface area contributed by atoms with Crippen LogP contribution in [0.5, 0.6) is 5.75 Å². The molecule has 0 aliphatic carbocycles. The van der Waals surface area contributed by atoms with Crippen LogP contribution in [0.25, 0.3) is 0 Å². The van der Waals surface area contributed by atoms with Crippen molar-refractivity contribution in [2.45, 2.75) is 25.9 Å². The summed E-state index contributed by atoms with van der Waals surface area (Å²) in [7, 11) is 0.